The number of anilines is 2. The van der Waals surface area contributed by atoms with Crippen LogP contribution in [-0.4, -0.2) is 94.5 Å². The van der Waals surface area contributed by atoms with E-state index < -0.39 is 24.2 Å². The molecular weight excluding hydrogens is 649 g/mol. The molecule has 4 rings (SSSR count). The van der Waals surface area contributed by atoms with E-state index in [4.69, 9.17) is 9.47 Å². The Bertz CT molecular complexity index is 1610. The number of benzene rings is 2. The summed E-state index contributed by atoms with van der Waals surface area (Å²) in [6.45, 7) is 9.55. The van der Waals surface area contributed by atoms with Gasteiger partial charge in [-0.15, -0.1) is 0 Å². The van der Waals surface area contributed by atoms with Crippen LogP contribution in [0.15, 0.2) is 41.9 Å². The summed E-state index contributed by atoms with van der Waals surface area (Å²) in [6, 6.07) is 5.95. The minimum Gasteiger partial charge on any atom is -0.495 e. The number of nitrogens with one attached hydrogen (secondary N) is 4. The van der Waals surface area contributed by atoms with Gasteiger partial charge in [-0.25, -0.2) is 13.2 Å². The van der Waals surface area contributed by atoms with Crippen molar-refractivity contribution in [2.45, 2.75) is 57.5 Å². The number of carbonyl (C=O) groups excluding carboxylic acids is 2. The van der Waals surface area contributed by atoms with Crippen molar-refractivity contribution in [2.75, 3.05) is 64.2 Å². The third-order valence-corrected chi connectivity index (χ3v) is 8.98. The largest absolute Gasteiger partial charge is 0.495 e. The number of aliphatic imine (C=N–C) groups is 1. The highest BCUT2D eigenvalue weighted by Gasteiger charge is 2.32. The molecule has 0 radical (unpaired) electrons. The van der Waals surface area contributed by atoms with E-state index in [9.17, 15) is 22.8 Å². The zero-order chi connectivity index (χ0) is 36.3. The van der Waals surface area contributed by atoms with Gasteiger partial charge in [0.1, 0.15) is 11.6 Å². The van der Waals surface area contributed by atoms with Crippen molar-refractivity contribution in [3.05, 3.63) is 59.4 Å². The van der Waals surface area contributed by atoms with Gasteiger partial charge >= 0.3 is 0 Å². The number of carbonyl (C=O) groups is 2. The van der Waals surface area contributed by atoms with Crippen LogP contribution in [0.4, 0.5) is 30.2 Å². The summed E-state index contributed by atoms with van der Waals surface area (Å²) in [4.78, 5) is 32.8. The summed E-state index contributed by atoms with van der Waals surface area (Å²) in [5.74, 6) is 1.40. The standard InChI is InChI=1S/C37H47F3N6O4/c1-6-37(39,40)23-44-32-19-25(10-8-14-43-31-21-29(38)27(35(47)41-4)20-33(31)49-5)18-28(34(32)42-7-2)36(48)45-30-12-15-46(22-24(30)3)26-11-9-16-50-17-13-26/h6-7,18-21,24,26,30,43-44H,1,9,11-17,22-23H2,2-5H3,(H,41,47)(H,45,48)/t24-,26?,30?/m0/s1. The molecule has 2 heterocycles. The van der Waals surface area contributed by atoms with E-state index in [0.717, 1.165) is 58.1 Å². The fourth-order valence-corrected chi connectivity index (χ4v) is 6.24. The first-order valence-corrected chi connectivity index (χ1v) is 16.9. The second-order valence-corrected chi connectivity index (χ2v) is 12.4. The number of halogens is 3. The Morgan fingerprint density at radius 3 is 2.62 bits per heavy atom. The molecule has 0 aromatic heterocycles. The Labute approximate surface area is 292 Å². The highest BCUT2D eigenvalue weighted by Crippen LogP contribution is 2.33. The van der Waals surface area contributed by atoms with Crippen LogP contribution in [0.1, 0.15) is 65.8 Å². The van der Waals surface area contributed by atoms with E-state index in [1.807, 2.05) is 0 Å². The lowest BCUT2D eigenvalue weighted by atomic mass is 9.91. The minimum atomic E-state index is -3.21. The molecule has 4 N–H and O–H groups in total. The third kappa shape index (κ3) is 10.0. The van der Waals surface area contributed by atoms with Crippen LogP contribution in [0.5, 0.6) is 5.75 Å². The number of ether oxygens (including phenoxy) is 2. The molecule has 0 bridgehead atoms. The van der Waals surface area contributed by atoms with Crippen molar-refractivity contribution in [1.82, 2.24) is 15.5 Å². The number of likely N-dealkylation sites (tertiary alicyclic amines) is 1. The van der Waals surface area contributed by atoms with Crippen molar-refractivity contribution in [3.8, 4) is 17.6 Å². The molecule has 0 saturated carbocycles. The van der Waals surface area contributed by atoms with Crippen LogP contribution < -0.4 is 26.0 Å². The van der Waals surface area contributed by atoms with Crippen molar-refractivity contribution < 1.29 is 32.2 Å². The van der Waals surface area contributed by atoms with Gasteiger partial charge in [0.05, 0.1) is 48.4 Å². The highest BCUT2D eigenvalue weighted by atomic mass is 19.3. The topological polar surface area (TPSA) is 116 Å². The van der Waals surface area contributed by atoms with Crippen LogP contribution in [0.25, 0.3) is 0 Å². The van der Waals surface area contributed by atoms with Gasteiger partial charge in [0.2, 0.25) is 0 Å². The summed E-state index contributed by atoms with van der Waals surface area (Å²) in [7, 11) is 2.80. The molecule has 0 aliphatic carbocycles. The Morgan fingerprint density at radius 2 is 1.92 bits per heavy atom. The maximum Gasteiger partial charge on any atom is 0.283 e. The van der Waals surface area contributed by atoms with Crippen LogP contribution in [0.3, 0.4) is 0 Å². The van der Waals surface area contributed by atoms with Crippen molar-refractivity contribution in [3.63, 3.8) is 0 Å². The number of hydrogen-bond acceptors (Lipinski definition) is 8. The van der Waals surface area contributed by atoms with E-state index >= 15 is 0 Å². The first kappa shape index (κ1) is 38.3. The predicted molar refractivity (Wildman–Crippen MR) is 191 cm³/mol. The normalized spacial score (nSPS) is 19.9. The number of rotatable bonds is 12. The van der Waals surface area contributed by atoms with Gasteiger partial charge in [-0.1, -0.05) is 25.3 Å². The van der Waals surface area contributed by atoms with Gasteiger partial charge in [0.25, 0.3) is 17.7 Å². The molecule has 0 spiro atoms. The Morgan fingerprint density at radius 1 is 1.12 bits per heavy atom. The van der Waals surface area contributed by atoms with Crippen LogP contribution >= 0.6 is 0 Å². The number of hydrogen-bond donors (Lipinski definition) is 4. The van der Waals surface area contributed by atoms with E-state index in [1.165, 1.54) is 26.4 Å². The van der Waals surface area contributed by atoms with Crippen molar-refractivity contribution >= 4 is 35.1 Å². The number of amides is 2. The zero-order valence-corrected chi connectivity index (χ0v) is 29.1. The Hall–Kier alpha value is -4.54. The molecule has 50 heavy (non-hydrogen) atoms. The molecule has 2 aliphatic heterocycles. The SMILES string of the molecule is C=CC(F)(F)CNc1cc(C#CCNc2cc(F)c(C(=O)NC)cc2OC)cc(C(=O)NC2CCN(C3CCCOCC3)C[C@@H]2C)c1N=CC. The maximum absolute atomic E-state index is 14.6. The number of nitrogens with zero attached hydrogens (tertiary/aromatic N) is 2. The van der Waals surface area contributed by atoms with Gasteiger partial charge in [-0.2, -0.15) is 0 Å². The van der Waals surface area contributed by atoms with Gasteiger partial charge < -0.3 is 30.7 Å². The summed E-state index contributed by atoms with van der Waals surface area (Å²) in [6.07, 6.45) is 5.96. The van der Waals surface area contributed by atoms with E-state index in [-0.39, 0.29) is 58.4 Å². The fraction of sp³-hybridized carbons (Fsp3) is 0.486. The third-order valence-electron chi connectivity index (χ3n) is 8.98. The lowest BCUT2D eigenvalue weighted by molar-refractivity contribution is 0.0705. The average molecular weight is 697 g/mol. The van der Waals surface area contributed by atoms with E-state index in [2.05, 4.69) is 56.5 Å². The first-order chi connectivity index (χ1) is 24.0. The molecule has 2 aromatic rings. The maximum atomic E-state index is 14.6. The highest BCUT2D eigenvalue weighted by molar-refractivity contribution is 6.03. The number of piperidine rings is 1. The van der Waals surface area contributed by atoms with Crippen LogP contribution in [0.2, 0.25) is 0 Å². The number of alkyl halides is 2. The molecule has 10 nitrogen and oxygen atoms in total. The fourth-order valence-electron chi connectivity index (χ4n) is 6.24. The second-order valence-electron chi connectivity index (χ2n) is 12.4. The summed E-state index contributed by atoms with van der Waals surface area (Å²) < 4.78 is 54.1. The van der Waals surface area contributed by atoms with Crippen molar-refractivity contribution in [1.29, 1.82) is 0 Å². The summed E-state index contributed by atoms with van der Waals surface area (Å²) in [5, 5.41) is 11.3. The quantitative estimate of drug-likeness (QED) is 0.129. The second kappa shape index (κ2) is 17.9. The summed E-state index contributed by atoms with van der Waals surface area (Å²) >= 11 is 0. The Balaban J connectivity index is 1.57. The molecule has 270 valence electrons. The summed E-state index contributed by atoms with van der Waals surface area (Å²) in [5.41, 5.74) is 1.11. The molecule has 2 fully saturated rings. The molecule has 2 aliphatic rings. The Kier molecular flexibility index (Phi) is 13.7. The van der Waals surface area contributed by atoms with Crippen LogP contribution in [-0.2, 0) is 4.74 Å². The first-order valence-electron chi connectivity index (χ1n) is 16.9. The molecule has 2 saturated heterocycles. The smallest absolute Gasteiger partial charge is 0.283 e. The predicted octanol–water partition coefficient (Wildman–Crippen LogP) is 5.62. The molecule has 2 amide bonds. The van der Waals surface area contributed by atoms with E-state index in [1.54, 1.807) is 19.1 Å². The van der Waals surface area contributed by atoms with Gasteiger partial charge in [0, 0.05) is 63.3 Å². The van der Waals surface area contributed by atoms with Crippen LogP contribution in [0, 0.1) is 23.6 Å². The molecule has 3 atom stereocenters. The molecule has 13 heteroatoms. The van der Waals surface area contributed by atoms with Gasteiger partial charge in [-0.05, 0) is 62.8 Å². The van der Waals surface area contributed by atoms with Gasteiger partial charge in [0.15, 0.2) is 0 Å². The monoisotopic (exact) mass is 696 g/mol. The van der Waals surface area contributed by atoms with E-state index in [0.29, 0.717) is 17.7 Å². The molecule has 2 aromatic carbocycles. The molecule has 2 unspecified atom stereocenters. The van der Waals surface area contributed by atoms with Crippen molar-refractivity contribution in [2.24, 2.45) is 10.9 Å². The minimum absolute atomic E-state index is 0.0337. The lowest BCUT2D eigenvalue weighted by Gasteiger charge is -2.41. The zero-order valence-electron chi connectivity index (χ0n) is 29.1. The molecular formula is C37H47F3N6O4. The van der Waals surface area contributed by atoms with Gasteiger partial charge in [-0.3, -0.25) is 19.5 Å². The number of methoxy groups -OCH3 is 1. The average Bonchev–Trinajstić information content (AvgIpc) is 3.40. The lowest BCUT2D eigenvalue weighted by Crippen LogP contribution is -2.52.